The molecule has 0 aromatic heterocycles. The van der Waals surface area contributed by atoms with Crippen LogP contribution in [0.15, 0.2) is 83.8 Å². The van der Waals surface area contributed by atoms with Gasteiger partial charge >= 0.3 is 0 Å². The number of nitrogens with one attached hydrogen (secondary N) is 1. The van der Waals surface area contributed by atoms with Crippen LogP contribution >= 0.6 is 0 Å². The summed E-state index contributed by atoms with van der Waals surface area (Å²) in [7, 11) is -4.02. The van der Waals surface area contributed by atoms with Crippen molar-refractivity contribution in [1.82, 2.24) is 0 Å². The minimum absolute atomic E-state index is 0.0141. The molecule has 0 aliphatic heterocycles. The van der Waals surface area contributed by atoms with Crippen LogP contribution in [0.2, 0.25) is 0 Å². The first-order valence-electron chi connectivity index (χ1n) is 10.3. The van der Waals surface area contributed by atoms with E-state index < -0.39 is 26.7 Å². The molecule has 3 aromatic carbocycles. The van der Waals surface area contributed by atoms with Crippen LogP contribution in [-0.2, 0) is 10.0 Å². The van der Waals surface area contributed by atoms with Gasteiger partial charge in [0.1, 0.15) is 24.1 Å². The minimum atomic E-state index is -4.02. The van der Waals surface area contributed by atoms with Crippen molar-refractivity contribution in [3.8, 4) is 5.75 Å². The number of para-hydroxylation sites is 2. The van der Waals surface area contributed by atoms with Gasteiger partial charge in [-0.3, -0.25) is 14.4 Å². The number of sulfonamides is 1. The van der Waals surface area contributed by atoms with Gasteiger partial charge in [-0.15, -0.1) is 0 Å². The molecule has 0 aliphatic rings. The second-order valence-electron chi connectivity index (χ2n) is 7.10. The predicted octanol–water partition coefficient (Wildman–Crippen LogP) is 3.66. The van der Waals surface area contributed by atoms with Crippen LogP contribution < -0.4 is 14.4 Å². The van der Waals surface area contributed by atoms with Crippen LogP contribution in [0.25, 0.3) is 0 Å². The largest absolute Gasteiger partial charge is 0.491 e. The van der Waals surface area contributed by atoms with Crippen molar-refractivity contribution in [3.63, 3.8) is 0 Å². The Kier molecular flexibility index (Phi) is 7.86. The first kappa shape index (κ1) is 24.0. The van der Waals surface area contributed by atoms with Gasteiger partial charge in [0.05, 0.1) is 15.5 Å². The van der Waals surface area contributed by atoms with E-state index in [0.29, 0.717) is 11.4 Å². The van der Waals surface area contributed by atoms with Crippen molar-refractivity contribution >= 4 is 27.1 Å². The molecule has 3 aromatic rings. The smallest absolute Gasteiger partial charge is 0.293 e. The van der Waals surface area contributed by atoms with E-state index in [1.165, 1.54) is 16.4 Å². The fraction of sp³-hybridized carbons (Fsp3) is 0.217. The summed E-state index contributed by atoms with van der Waals surface area (Å²) in [6.07, 6.45) is -0.943. The average Bonchev–Trinajstić information content (AvgIpc) is 2.83. The number of aliphatic hydroxyl groups is 1. The van der Waals surface area contributed by atoms with Gasteiger partial charge < -0.3 is 15.2 Å². The molecular formula is C23H25N3O6S. The monoisotopic (exact) mass is 471 g/mol. The molecule has 0 amide bonds. The molecule has 0 saturated carbocycles. The van der Waals surface area contributed by atoms with Crippen molar-refractivity contribution in [2.75, 3.05) is 29.3 Å². The fourth-order valence-electron chi connectivity index (χ4n) is 3.18. The van der Waals surface area contributed by atoms with Gasteiger partial charge in [-0.1, -0.05) is 36.4 Å². The van der Waals surface area contributed by atoms with Crippen LogP contribution in [0.4, 0.5) is 17.1 Å². The predicted molar refractivity (Wildman–Crippen MR) is 126 cm³/mol. The van der Waals surface area contributed by atoms with Crippen LogP contribution in [-0.4, -0.2) is 44.2 Å². The van der Waals surface area contributed by atoms with Gasteiger partial charge in [0.25, 0.3) is 15.7 Å². The van der Waals surface area contributed by atoms with Crippen LogP contribution in [0.1, 0.15) is 6.92 Å². The van der Waals surface area contributed by atoms with E-state index in [1.807, 2.05) is 6.07 Å². The molecule has 174 valence electrons. The number of benzene rings is 3. The fourth-order valence-corrected chi connectivity index (χ4v) is 4.68. The maximum Gasteiger partial charge on any atom is 0.293 e. The van der Waals surface area contributed by atoms with Crippen molar-refractivity contribution in [2.24, 2.45) is 0 Å². The van der Waals surface area contributed by atoms with Crippen LogP contribution in [0.5, 0.6) is 5.75 Å². The molecule has 1 unspecified atom stereocenters. The maximum atomic E-state index is 13.2. The van der Waals surface area contributed by atoms with Crippen molar-refractivity contribution < 1.29 is 23.2 Å². The summed E-state index contributed by atoms with van der Waals surface area (Å²) in [5.74, 6) is 0.594. The number of aliphatic hydroxyl groups excluding tert-OH is 1. The van der Waals surface area contributed by atoms with Crippen LogP contribution in [0.3, 0.4) is 0 Å². The Balaban J connectivity index is 1.75. The Bertz CT molecular complexity index is 1170. The molecule has 0 spiro atoms. The topological polar surface area (TPSA) is 122 Å². The van der Waals surface area contributed by atoms with E-state index in [9.17, 15) is 23.6 Å². The second-order valence-corrected chi connectivity index (χ2v) is 8.96. The van der Waals surface area contributed by atoms with E-state index in [1.54, 1.807) is 61.5 Å². The second kappa shape index (κ2) is 10.8. The third-order valence-corrected chi connectivity index (χ3v) is 6.70. The molecule has 10 heteroatoms. The highest BCUT2D eigenvalue weighted by Crippen LogP contribution is 2.30. The van der Waals surface area contributed by atoms with Gasteiger partial charge in [0.2, 0.25) is 0 Å². The molecular weight excluding hydrogens is 446 g/mol. The summed E-state index contributed by atoms with van der Waals surface area (Å²) in [6, 6.07) is 21.1. The Hall–Kier alpha value is -3.63. The molecule has 0 bridgehead atoms. The SMILES string of the molecule is CCN(c1ccccc1)S(=O)(=O)c1ccc(NCC(O)COc2ccccc2)c([N+](=O)[O-])c1. The minimum Gasteiger partial charge on any atom is -0.491 e. The highest BCUT2D eigenvalue weighted by Gasteiger charge is 2.27. The van der Waals surface area contributed by atoms with Crippen molar-refractivity contribution in [1.29, 1.82) is 0 Å². The molecule has 0 radical (unpaired) electrons. The molecule has 0 heterocycles. The zero-order valence-electron chi connectivity index (χ0n) is 18.0. The lowest BCUT2D eigenvalue weighted by Gasteiger charge is -2.23. The normalized spacial score (nSPS) is 12.1. The van der Waals surface area contributed by atoms with E-state index in [2.05, 4.69) is 5.32 Å². The van der Waals surface area contributed by atoms with Crippen LogP contribution in [0, 0.1) is 10.1 Å². The standard InChI is InChI=1S/C23H25N3O6S/c1-2-25(18-9-5-3-6-10-18)33(30,31)21-13-14-22(23(15-21)26(28)29)24-16-19(27)17-32-20-11-7-4-8-12-20/h3-15,19,24,27H,2,16-17H2,1H3. The highest BCUT2D eigenvalue weighted by molar-refractivity contribution is 7.92. The lowest BCUT2D eigenvalue weighted by Crippen LogP contribution is -2.30. The zero-order valence-corrected chi connectivity index (χ0v) is 18.8. The summed E-state index contributed by atoms with van der Waals surface area (Å²) in [6.45, 7) is 1.81. The number of nitrogens with zero attached hydrogens (tertiary/aromatic N) is 2. The van der Waals surface area contributed by atoms with Gasteiger partial charge in [0.15, 0.2) is 0 Å². The first-order valence-corrected chi connectivity index (χ1v) is 11.7. The Morgan fingerprint density at radius 2 is 1.70 bits per heavy atom. The number of ether oxygens (including phenoxy) is 1. The van der Waals surface area contributed by atoms with E-state index >= 15 is 0 Å². The van der Waals surface area contributed by atoms with Gasteiger partial charge in [-0.25, -0.2) is 8.42 Å². The number of hydrogen-bond donors (Lipinski definition) is 2. The summed E-state index contributed by atoms with van der Waals surface area (Å²) >= 11 is 0. The Labute approximate surface area is 192 Å². The van der Waals surface area contributed by atoms with Crippen molar-refractivity contribution in [3.05, 3.63) is 89.0 Å². The molecule has 0 fully saturated rings. The van der Waals surface area contributed by atoms with E-state index in [0.717, 1.165) is 6.07 Å². The number of rotatable bonds is 11. The average molecular weight is 472 g/mol. The Morgan fingerprint density at radius 3 is 2.30 bits per heavy atom. The highest BCUT2D eigenvalue weighted by atomic mass is 32.2. The number of anilines is 2. The third-order valence-electron chi connectivity index (χ3n) is 4.80. The van der Waals surface area contributed by atoms with Gasteiger partial charge in [0, 0.05) is 19.2 Å². The third kappa shape index (κ3) is 5.99. The number of hydrogen-bond acceptors (Lipinski definition) is 7. The summed E-state index contributed by atoms with van der Waals surface area (Å²) < 4.78 is 33.0. The summed E-state index contributed by atoms with van der Waals surface area (Å²) in [5, 5.41) is 24.6. The lowest BCUT2D eigenvalue weighted by molar-refractivity contribution is -0.384. The zero-order chi connectivity index (χ0) is 23.8. The van der Waals surface area contributed by atoms with Crippen molar-refractivity contribution in [2.45, 2.75) is 17.9 Å². The quantitative estimate of drug-likeness (QED) is 0.323. The molecule has 3 rings (SSSR count). The van der Waals surface area contributed by atoms with E-state index in [-0.39, 0.29) is 30.3 Å². The maximum absolute atomic E-state index is 13.2. The lowest BCUT2D eigenvalue weighted by atomic mass is 10.2. The molecule has 0 saturated heterocycles. The Morgan fingerprint density at radius 1 is 1.06 bits per heavy atom. The van der Waals surface area contributed by atoms with Gasteiger partial charge in [-0.2, -0.15) is 0 Å². The first-order chi connectivity index (χ1) is 15.8. The number of nitro benzene ring substituents is 1. The van der Waals surface area contributed by atoms with Gasteiger partial charge in [-0.05, 0) is 43.3 Å². The van der Waals surface area contributed by atoms with E-state index in [4.69, 9.17) is 4.74 Å². The molecule has 9 nitrogen and oxygen atoms in total. The molecule has 2 N–H and O–H groups in total. The molecule has 1 atom stereocenters. The molecule has 0 aliphatic carbocycles. The summed E-state index contributed by atoms with van der Waals surface area (Å²) in [4.78, 5) is 10.8. The number of nitro groups is 1. The summed E-state index contributed by atoms with van der Waals surface area (Å²) in [5.41, 5.74) is 0.156. The molecule has 33 heavy (non-hydrogen) atoms.